The summed E-state index contributed by atoms with van der Waals surface area (Å²) in [5, 5.41) is 2.69. The van der Waals surface area contributed by atoms with E-state index in [9.17, 15) is 14.4 Å². The molecule has 2 aromatic rings. The van der Waals surface area contributed by atoms with E-state index in [1.165, 1.54) is 0 Å². The Morgan fingerprint density at radius 2 is 1.50 bits per heavy atom. The highest BCUT2D eigenvalue weighted by Gasteiger charge is 2.53. The van der Waals surface area contributed by atoms with Gasteiger partial charge in [0, 0.05) is 31.2 Å². The number of benzene rings is 2. The number of likely N-dealkylation sites (N-methyl/N-ethyl adjacent to an activating group) is 1. The number of quaternary nitrogens is 1. The molecule has 2 aliphatic rings. The Hall–Kier alpha value is -3.19. The van der Waals surface area contributed by atoms with Crippen LogP contribution in [-0.4, -0.2) is 59.7 Å². The lowest BCUT2D eigenvalue weighted by molar-refractivity contribution is -0.941. The highest BCUT2D eigenvalue weighted by Crippen LogP contribution is 2.42. The van der Waals surface area contributed by atoms with Gasteiger partial charge in [0.1, 0.15) is 18.2 Å². The summed E-state index contributed by atoms with van der Waals surface area (Å²) in [7, 11) is 2.16. The predicted molar refractivity (Wildman–Crippen MR) is 136 cm³/mol. The van der Waals surface area contributed by atoms with Gasteiger partial charge in [-0.05, 0) is 26.3 Å². The molecule has 0 saturated carbocycles. The topological polar surface area (TPSA) is 81.7 Å². The SMILES string of the molecule is CC(C)(C)OC(=O)NC(C(=O)OC1C[C@H]2CC[C@@H](C1)[N+]2(C)CC(=O)c1ccccc1)c1ccccc1. The fourth-order valence-electron chi connectivity index (χ4n) is 5.65. The van der Waals surface area contributed by atoms with E-state index in [0.717, 1.165) is 18.4 Å². The van der Waals surface area contributed by atoms with Gasteiger partial charge in [0.2, 0.25) is 5.78 Å². The second-order valence-electron chi connectivity index (χ2n) is 11.2. The van der Waals surface area contributed by atoms with Crippen LogP contribution >= 0.6 is 0 Å². The van der Waals surface area contributed by atoms with Gasteiger partial charge in [0.25, 0.3) is 0 Å². The van der Waals surface area contributed by atoms with Crippen molar-refractivity contribution in [3.63, 3.8) is 0 Å². The van der Waals surface area contributed by atoms with Crippen molar-refractivity contribution in [1.29, 1.82) is 0 Å². The molecular weight excluding hydrogens is 456 g/mol. The molecule has 2 bridgehead atoms. The van der Waals surface area contributed by atoms with Gasteiger partial charge < -0.3 is 19.3 Å². The van der Waals surface area contributed by atoms with Gasteiger partial charge in [-0.2, -0.15) is 0 Å². The molecule has 2 aromatic carbocycles. The number of nitrogens with zero attached hydrogens (tertiary/aromatic N) is 1. The number of alkyl carbamates (subject to hydrolysis) is 1. The zero-order valence-corrected chi connectivity index (χ0v) is 21.6. The Kier molecular flexibility index (Phi) is 7.50. The Bertz CT molecular complexity index is 1070. The van der Waals surface area contributed by atoms with Crippen LogP contribution < -0.4 is 5.32 Å². The van der Waals surface area contributed by atoms with Crippen molar-refractivity contribution >= 4 is 17.8 Å². The molecule has 1 amide bonds. The molecule has 1 N–H and O–H groups in total. The maximum absolute atomic E-state index is 13.3. The first-order valence-electron chi connectivity index (χ1n) is 12.7. The molecule has 0 aromatic heterocycles. The molecule has 5 atom stereocenters. The number of piperidine rings is 1. The van der Waals surface area contributed by atoms with E-state index >= 15 is 0 Å². The fourth-order valence-corrected chi connectivity index (χ4v) is 5.65. The molecule has 2 fully saturated rings. The number of hydrogen-bond acceptors (Lipinski definition) is 5. The van der Waals surface area contributed by atoms with Crippen molar-refractivity contribution in [2.45, 2.75) is 76.3 Å². The molecule has 0 aliphatic carbocycles. The van der Waals surface area contributed by atoms with Crippen LogP contribution in [0.15, 0.2) is 60.7 Å². The summed E-state index contributed by atoms with van der Waals surface area (Å²) in [6.45, 7) is 5.78. The average Bonchev–Trinajstić information content (AvgIpc) is 2.98. The Balaban J connectivity index is 1.43. The number of carbonyl (C=O) groups is 3. The molecule has 0 radical (unpaired) electrons. The number of nitrogens with one attached hydrogen (secondary N) is 1. The molecule has 0 spiro atoms. The van der Waals surface area contributed by atoms with E-state index in [1.807, 2.05) is 48.5 Å². The lowest BCUT2D eigenvalue weighted by Crippen LogP contribution is -2.61. The fraction of sp³-hybridized carbons (Fsp3) is 0.483. The van der Waals surface area contributed by atoms with E-state index in [-0.39, 0.29) is 24.0 Å². The first-order valence-corrected chi connectivity index (χ1v) is 12.7. The molecule has 4 rings (SSSR count). The summed E-state index contributed by atoms with van der Waals surface area (Å²) in [4.78, 5) is 38.8. The number of esters is 1. The normalized spacial score (nSPS) is 26.1. The maximum atomic E-state index is 13.3. The predicted octanol–water partition coefficient (Wildman–Crippen LogP) is 4.82. The molecule has 2 aliphatic heterocycles. The summed E-state index contributed by atoms with van der Waals surface area (Å²) in [6, 6.07) is 18.0. The van der Waals surface area contributed by atoms with Crippen LogP contribution in [0.3, 0.4) is 0 Å². The van der Waals surface area contributed by atoms with E-state index < -0.39 is 23.7 Å². The largest absolute Gasteiger partial charge is 0.460 e. The molecular formula is C29H37N2O5+. The van der Waals surface area contributed by atoms with E-state index in [4.69, 9.17) is 9.47 Å². The molecule has 7 heteroatoms. The Morgan fingerprint density at radius 1 is 0.944 bits per heavy atom. The summed E-state index contributed by atoms with van der Waals surface area (Å²) >= 11 is 0. The van der Waals surface area contributed by atoms with Crippen molar-refractivity contribution in [2.75, 3.05) is 13.6 Å². The van der Waals surface area contributed by atoms with Crippen molar-refractivity contribution in [2.24, 2.45) is 0 Å². The Labute approximate surface area is 213 Å². The lowest BCUT2D eigenvalue weighted by Gasteiger charge is -2.46. The standard InChI is InChI=1S/C29H36N2O5/c1-29(2,3)36-28(34)30-26(21-13-9-6-10-14-21)27(33)35-24-17-22-15-16-23(18-24)31(22,4)19-25(32)20-11-7-5-8-12-20/h5-14,22-24,26H,15-19H2,1-4H3/p+1/t22-,23+,24?,26?,31?. The van der Waals surface area contributed by atoms with Crippen LogP contribution in [0, 0.1) is 0 Å². The summed E-state index contributed by atoms with van der Waals surface area (Å²) in [5.74, 6) is -0.343. The zero-order valence-electron chi connectivity index (χ0n) is 21.6. The first kappa shape index (κ1) is 25.9. The third-order valence-corrected chi connectivity index (χ3v) is 7.46. The average molecular weight is 494 g/mol. The van der Waals surface area contributed by atoms with Crippen LogP contribution in [-0.2, 0) is 14.3 Å². The Morgan fingerprint density at radius 3 is 2.06 bits per heavy atom. The maximum Gasteiger partial charge on any atom is 0.408 e. The molecule has 2 saturated heterocycles. The van der Waals surface area contributed by atoms with E-state index in [1.54, 1.807) is 32.9 Å². The van der Waals surface area contributed by atoms with E-state index in [2.05, 4.69) is 12.4 Å². The minimum atomic E-state index is -0.957. The molecule has 3 unspecified atom stereocenters. The smallest absolute Gasteiger partial charge is 0.408 e. The number of amides is 1. The minimum Gasteiger partial charge on any atom is -0.460 e. The summed E-state index contributed by atoms with van der Waals surface area (Å²) in [5.41, 5.74) is 0.696. The van der Waals surface area contributed by atoms with Gasteiger partial charge in [-0.3, -0.25) is 4.79 Å². The van der Waals surface area contributed by atoms with Crippen LogP contribution in [0.5, 0.6) is 0 Å². The van der Waals surface area contributed by atoms with Gasteiger partial charge in [0.15, 0.2) is 6.04 Å². The van der Waals surface area contributed by atoms with Gasteiger partial charge in [-0.25, -0.2) is 9.59 Å². The number of hydrogen-bond donors (Lipinski definition) is 1. The second-order valence-corrected chi connectivity index (χ2v) is 11.2. The second kappa shape index (κ2) is 10.4. The number of ether oxygens (including phenoxy) is 2. The number of Topliss-reactive ketones (excluding diaryl/α,β-unsaturated/α-hetero) is 1. The van der Waals surface area contributed by atoms with Crippen molar-refractivity contribution in [1.82, 2.24) is 5.32 Å². The lowest BCUT2D eigenvalue weighted by atomic mass is 9.95. The first-order chi connectivity index (χ1) is 17.0. The van der Waals surface area contributed by atoms with Gasteiger partial charge in [0.05, 0.1) is 19.1 Å². The zero-order chi connectivity index (χ0) is 25.9. The molecule has 36 heavy (non-hydrogen) atoms. The number of carbonyl (C=O) groups excluding carboxylic acids is 3. The van der Waals surface area contributed by atoms with Crippen LogP contribution in [0.4, 0.5) is 4.79 Å². The van der Waals surface area contributed by atoms with Gasteiger partial charge in [-0.15, -0.1) is 0 Å². The van der Waals surface area contributed by atoms with E-state index in [0.29, 0.717) is 29.4 Å². The van der Waals surface area contributed by atoms with Gasteiger partial charge in [-0.1, -0.05) is 60.7 Å². The number of rotatable bonds is 7. The molecule has 2 heterocycles. The van der Waals surface area contributed by atoms with Crippen molar-refractivity contribution < 1.29 is 28.3 Å². The molecule has 7 nitrogen and oxygen atoms in total. The minimum absolute atomic E-state index is 0.149. The summed E-state index contributed by atoms with van der Waals surface area (Å²) < 4.78 is 12.1. The van der Waals surface area contributed by atoms with Gasteiger partial charge >= 0.3 is 12.1 Å². The third kappa shape index (κ3) is 5.95. The number of ketones is 1. The van der Waals surface area contributed by atoms with Crippen molar-refractivity contribution in [3.05, 3.63) is 71.8 Å². The molecule has 192 valence electrons. The third-order valence-electron chi connectivity index (χ3n) is 7.46. The monoisotopic (exact) mass is 493 g/mol. The van der Waals surface area contributed by atoms with Crippen LogP contribution in [0.1, 0.15) is 68.4 Å². The van der Waals surface area contributed by atoms with Crippen molar-refractivity contribution in [3.8, 4) is 0 Å². The summed E-state index contributed by atoms with van der Waals surface area (Å²) in [6.07, 6.45) is 2.51. The number of fused-ring (bicyclic) bond motifs is 2. The highest BCUT2D eigenvalue weighted by atomic mass is 16.6. The van der Waals surface area contributed by atoms with Crippen LogP contribution in [0.2, 0.25) is 0 Å². The highest BCUT2D eigenvalue weighted by molar-refractivity contribution is 5.97. The van der Waals surface area contributed by atoms with Crippen LogP contribution in [0.25, 0.3) is 0 Å². The quantitative estimate of drug-likeness (QED) is 0.340.